The van der Waals surface area contributed by atoms with Crippen LogP contribution in [-0.2, 0) is 16.0 Å². The summed E-state index contributed by atoms with van der Waals surface area (Å²) >= 11 is 0. The van der Waals surface area contributed by atoms with E-state index in [9.17, 15) is 4.79 Å². The van der Waals surface area contributed by atoms with Crippen LogP contribution in [0.15, 0.2) is 11.1 Å². The first kappa shape index (κ1) is 13.7. The number of nitrogen functional groups attached to an aromatic ring is 1. The first-order chi connectivity index (χ1) is 10.4. The normalized spacial score (nSPS) is 30.0. The van der Waals surface area contributed by atoms with E-state index in [1.54, 1.807) is 6.33 Å². The van der Waals surface area contributed by atoms with E-state index >= 15 is 0 Å². The topological polar surface area (TPSA) is 108 Å². The summed E-state index contributed by atoms with van der Waals surface area (Å²) in [5, 5.41) is 0. The standard InChI is InChI=1S/C14H19N5O3/c1-14(2)21-5-9(22-14)8-3-7(8)4-19-6-16-10-11(19)17-13(15)18-12(10)20/h6-9H,3-5H2,1-2H3,(H3,15,17,18,20)/t7-,8-,9-/m1/s1. The Bertz CT molecular complexity index is 780. The molecule has 0 aromatic carbocycles. The maximum absolute atomic E-state index is 11.8. The number of nitrogens with one attached hydrogen (secondary N) is 1. The highest BCUT2D eigenvalue weighted by atomic mass is 16.7. The van der Waals surface area contributed by atoms with Gasteiger partial charge in [-0.25, -0.2) is 4.98 Å². The minimum absolute atomic E-state index is 0.112. The zero-order chi connectivity index (χ0) is 15.5. The van der Waals surface area contributed by atoms with Gasteiger partial charge in [0.05, 0.1) is 19.0 Å². The summed E-state index contributed by atoms with van der Waals surface area (Å²) in [7, 11) is 0. The van der Waals surface area contributed by atoms with Gasteiger partial charge < -0.3 is 19.8 Å². The van der Waals surface area contributed by atoms with E-state index in [4.69, 9.17) is 15.2 Å². The molecular weight excluding hydrogens is 286 g/mol. The SMILES string of the molecule is CC1(C)OC[C@H]([C@@H]2C[C@@H]2Cn2cnc3c(=O)[nH]c(N)nc32)O1. The lowest BCUT2D eigenvalue weighted by Gasteiger charge is -2.17. The molecule has 8 nitrogen and oxygen atoms in total. The average Bonchev–Trinajstić information content (AvgIpc) is 2.93. The summed E-state index contributed by atoms with van der Waals surface area (Å²) in [5.74, 6) is 0.602. The minimum atomic E-state index is -0.483. The van der Waals surface area contributed by atoms with E-state index < -0.39 is 5.79 Å². The van der Waals surface area contributed by atoms with Crippen LogP contribution in [0, 0.1) is 11.8 Å². The number of fused-ring (bicyclic) bond motifs is 1. The van der Waals surface area contributed by atoms with Crippen LogP contribution < -0.4 is 11.3 Å². The molecule has 22 heavy (non-hydrogen) atoms. The number of anilines is 1. The molecule has 8 heteroatoms. The highest BCUT2D eigenvalue weighted by molar-refractivity contribution is 5.70. The van der Waals surface area contributed by atoms with Crippen molar-refractivity contribution in [2.24, 2.45) is 11.8 Å². The van der Waals surface area contributed by atoms with Gasteiger partial charge in [0.25, 0.3) is 5.56 Å². The summed E-state index contributed by atoms with van der Waals surface area (Å²) in [6.07, 6.45) is 2.89. The third kappa shape index (κ3) is 2.28. The Labute approximate surface area is 126 Å². The molecule has 4 rings (SSSR count). The second kappa shape index (κ2) is 4.53. The molecule has 1 aliphatic carbocycles. The van der Waals surface area contributed by atoms with Crippen LogP contribution in [0.3, 0.4) is 0 Å². The van der Waals surface area contributed by atoms with Gasteiger partial charge in [0.15, 0.2) is 17.0 Å². The van der Waals surface area contributed by atoms with E-state index in [0.29, 0.717) is 29.6 Å². The molecule has 2 aromatic heterocycles. The number of aromatic amines is 1. The van der Waals surface area contributed by atoms with Crippen molar-refractivity contribution < 1.29 is 9.47 Å². The highest BCUT2D eigenvalue weighted by Gasteiger charge is 2.48. The second-order valence-electron chi connectivity index (χ2n) is 6.55. The monoisotopic (exact) mass is 305 g/mol. The van der Waals surface area contributed by atoms with Crippen molar-refractivity contribution in [3.05, 3.63) is 16.7 Å². The average molecular weight is 305 g/mol. The Morgan fingerprint density at radius 3 is 3.09 bits per heavy atom. The van der Waals surface area contributed by atoms with Crippen molar-refractivity contribution in [2.45, 2.75) is 38.7 Å². The number of H-pyrrole nitrogens is 1. The molecule has 1 aliphatic heterocycles. The van der Waals surface area contributed by atoms with Crippen LogP contribution in [0.4, 0.5) is 5.95 Å². The van der Waals surface area contributed by atoms with Crippen LogP contribution >= 0.6 is 0 Å². The fourth-order valence-electron chi connectivity index (χ4n) is 3.22. The molecule has 1 saturated heterocycles. The van der Waals surface area contributed by atoms with Gasteiger partial charge in [0, 0.05) is 6.54 Å². The Balaban J connectivity index is 1.51. The van der Waals surface area contributed by atoms with Crippen molar-refractivity contribution in [3.63, 3.8) is 0 Å². The summed E-state index contributed by atoms with van der Waals surface area (Å²) in [4.78, 5) is 22.5. The Hall–Kier alpha value is -1.93. The first-order valence-electron chi connectivity index (χ1n) is 7.45. The van der Waals surface area contributed by atoms with E-state index in [2.05, 4.69) is 15.0 Å². The van der Waals surface area contributed by atoms with E-state index in [1.165, 1.54) is 0 Å². The van der Waals surface area contributed by atoms with Crippen LogP contribution in [-0.4, -0.2) is 38.0 Å². The number of hydrogen-bond donors (Lipinski definition) is 2. The lowest BCUT2D eigenvalue weighted by Crippen LogP contribution is -2.23. The molecule has 3 heterocycles. The van der Waals surface area contributed by atoms with Gasteiger partial charge >= 0.3 is 0 Å². The van der Waals surface area contributed by atoms with Crippen molar-refractivity contribution in [3.8, 4) is 0 Å². The Morgan fingerprint density at radius 1 is 1.55 bits per heavy atom. The predicted molar refractivity (Wildman–Crippen MR) is 79.1 cm³/mol. The quantitative estimate of drug-likeness (QED) is 0.854. The molecule has 3 atom stereocenters. The van der Waals surface area contributed by atoms with Crippen LogP contribution in [0.1, 0.15) is 20.3 Å². The Morgan fingerprint density at radius 2 is 2.36 bits per heavy atom. The molecule has 0 spiro atoms. The summed E-state index contributed by atoms with van der Waals surface area (Å²) in [5.41, 5.74) is 6.17. The summed E-state index contributed by atoms with van der Waals surface area (Å²) in [6.45, 7) is 5.28. The minimum Gasteiger partial charge on any atom is -0.369 e. The number of aromatic nitrogens is 4. The van der Waals surface area contributed by atoms with Crippen LogP contribution in [0.25, 0.3) is 11.2 Å². The lowest BCUT2D eigenvalue weighted by atomic mass is 10.2. The Kier molecular flexibility index (Phi) is 2.82. The summed E-state index contributed by atoms with van der Waals surface area (Å²) in [6, 6.07) is 0. The molecule has 0 unspecified atom stereocenters. The molecule has 2 aromatic rings. The number of ether oxygens (including phenoxy) is 2. The van der Waals surface area contributed by atoms with Gasteiger partial charge in [-0.05, 0) is 32.1 Å². The number of hydrogen-bond acceptors (Lipinski definition) is 6. The molecule has 0 amide bonds. The van der Waals surface area contributed by atoms with Gasteiger partial charge in [0.1, 0.15) is 0 Å². The van der Waals surface area contributed by atoms with Gasteiger partial charge in [-0.3, -0.25) is 9.78 Å². The summed E-state index contributed by atoms with van der Waals surface area (Å²) < 4.78 is 13.4. The third-order valence-electron chi connectivity index (χ3n) is 4.41. The smallest absolute Gasteiger partial charge is 0.280 e. The largest absolute Gasteiger partial charge is 0.369 e. The van der Waals surface area contributed by atoms with Crippen molar-refractivity contribution in [1.82, 2.24) is 19.5 Å². The maximum Gasteiger partial charge on any atom is 0.280 e. The lowest BCUT2D eigenvalue weighted by molar-refractivity contribution is -0.141. The maximum atomic E-state index is 11.8. The fourth-order valence-corrected chi connectivity index (χ4v) is 3.22. The second-order valence-corrected chi connectivity index (χ2v) is 6.55. The van der Waals surface area contributed by atoms with Crippen molar-refractivity contribution in [2.75, 3.05) is 12.3 Å². The van der Waals surface area contributed by atoms with Gasteiger partial charge in [-0.1, -0.05) is 0 Å². The number of nitrogens with two attached hydrogens (primary N) is 1. The third-order valence-corrected chi connectivity index (χ3v) is 4.41. The molecule has 0 radical (unpaired) electrons. The highest BCUT2D eigenvalue weighted by Crippen LogP contribution is 2.46. The van der Waals surface area contributed by atoms with Gasteiger partial charge in [-0.2, -0.15) is 4.98 Å². The van der Waals surface area contributed by atoms with Crippen molar-refractivity contribution in [1.29, 1.82) is 0 Å². The van der Waals surface area contributed by atoms with Gasteiger partial charge in [0.2, 0.25) is 5.95 Å². The van der Waals surface area contributed by atoms with Crippen molar-refractivity contribution >= 4 is 17.1 Å². The molecule has 0 bridgehead atoms. The molecular formula is C14H19N5O3. The number of rotatable bonds is 3. The fraction of sp³-hybridized carbons (Fsp3) is 0.643. The van der Waals surface area contributed by atoms with Crippen LogP contribution in [0.2, 0.25) is 0 Å². The number of imidazole rings is 1. The van der Waals surface area contributed by atoms with Gasteiger partial charge in [-0.15, -0.1) is 0 Å². The number of nitrogens with zero attached hydrogens (tertiary/aromatic N) is 3. The van der Waals surface area contributed by atoms with E-state index in [0.717, 1.165) is 13.0 Å². The molecule has 2 aliphatic rings. The predicted octanol–water partition coefficient (Wildman–Crippen LogP) is 0.489. The first-order valence-corrected chi connectivity index (χ1v) is 7.45. The molecule has 1 saturated carbocycles. The molecule has 2 fully saturated rings. The molecule has 3 N–H and O–H groups in total. The van der Waals surface area contributed by atoms with E-state index in [1.807, 2.05) is 18.4 Å². The van der Waals surface area contributed by atoms with E-state index in [-0.39, 0.29) is 17.6 Å². The zero-order valence-corrected chi connectivity index (χ0v) is 12.6. The zero-order valence-electron chi connectivity index (χ0n) is 12.6. The van der Waals surface area contributed by atoms with Crippen LogP contribution in [0.5, 0.6) is 0 Å². The molecule has 118 valence electrons.